The lowest BCUT2D eigenvalue weighted by Gasteiger charge is -2.57. The van der Waals surface area contributed by atoms with E-state index >= 15 is 0 Å². The Kier molecular flexibility index (Phi) is 3.92. The molecule has 2 nitrogen and oxygen atoms in total. The van der Waals surface area contributed by atoms with Crippen LogP contribution < -0.4 is 5.73 Å². The number of hydrogen-bond donors (Lipinski definition) is 1. The molecule has 0 amide bonds. The highest BCUT2D eigenvalue weighted by Gasteiger charge is 2.55. The van der Waals surface area contributed by atoms with E-state index in [1.54, 1.807) is 0 Å². The Labute approximate surface area is 124 Å². The monoisotopic (exact) mass is 279 g/mol. The molecule has 0 aromatic rings. The van der Waals surface area contributed by atoms with E-state index in [1.807, 2.05) is 0 Å². The minimum absolute atomic E-state index is 0.350. The third kappa shape index (κ3) is 2.66. The van der Waals surface area contributed by atoms with Crippen molar-refractivity contribution in [3.8, 4) is 0 Å². The molecule has 0 bridgehead atoms. The van der Waals surface area contributed by atoms with Crippen LogP contribution in [0.5, 0.6) is 0 Å². The van der Waals surface area contributed by atoms with Gasteiger partial charge in [0.1, 0.15) is 0 Å². The predicted octanol–water partition coefficient (Wildman–Crippen LogP) is 4.27. The van der Waals surface area contributed by atoms with Gasteiger partial charge in [0.2, 0.25) is 0 Å². The Bertz CT molecular complexity index is 345. The lowest BCUT2D eigenvalue weighted by atomic mass is 9.55. The van der Waals surface area contributed by atoms with Crippen LogP contribution in [0.25, 0.3) is 0 Å². The molecule has 0 saturated heterocycles. The van der Waals surface area contributed by atoms with E-state index in [9.17, 15) is 0 Å². The summed E-state index contributed by atoms with van der Waals surface area (Å²) in [6.45, 7) is 7.20. The Morgan fingerprint density at radius 3 is 2.30 bits per heavy atom. The second kappa shape index (κ2) is 5.28. The molecule has 0 radical (unpaired) electrons. The molecule has 2 N–H and O–H groups in total. The van der Waals surface area contributed by atoms with Crippen molar-refractivity contribution in [3.05, 3.63) is 0 Å². The Morgan fingerprint density at radius 1 is 1.00 bits per heavy atom. The van der Waals surface area contributed by atoms with Crippen LogP contribution in [0.4, 0.5) is 0 Å². The molecule has 0 heterocycles. The minimum Gasteiger partial charge on any atom is -0.374 e. The first kappa shape index (κ1) is 14.8. The van der Waals surface area contributed by atoms with Crippen LogP contribution in [0.2, 0.25) is 0 Å². The molecule has 20 heavy (non-hydrogen) atoms. The average molecular weight is 279 g/mol. The highest BCUT2D eigenvalue weighted by Crippen LogP contribution is 2.53. The second-order valence-electron chi connectivity index (χ2n) is 8.80. The fourth-order valence-corrected chi connectivity index (χ4v) is 5.47. The largest absolute Gasteiger partial charge is 0.374 e. The molecule has 4 atom stereocenters. The highest BCUT2D eigenvalue weighted by atomic mass is 16.5. The topological polar surface area (TPSA) is 35.2 Å². The molecule has 1 spiro atoms. The molecular weight excluding hydrogens is 246 g/mol. The van der Waals surface area contributed by atoms with Crippen molar-refractivity contribution in [2.75, 3.05) is 0 Å². The van der Waals surface area contributed by atoms with Crippen molar-refractivity contribution in [2.24, 2.45) is 22.5 Å². The molecule has 116 valence electrons. The molecule has 3 aliphatic carbocycles. The summed E-state index contributed by atoms with van der Waals surface area (Å²) in [7, 11) is 0. The van der Waals surface area contributed by atoms with Gasteiger partial charge < -0.3 is 10.5 Å². The molecule has 3 rings (SSSR count). The first-order valence-electron chi connectivity index (χ1n) is 8.82. The van der Waals surface area contributed by atoms with Gasteiger partial charge in [-0.1, -0.05) is 40.0 Å². The molecule has 2 heteroatoms. The first-order chi connectivity index (χ1) is 9.41. The van der Waals surface area contributed by atoms with Gasteiger partial charge in [0, 0.05) is 11.5 Å². The normalized spacial score (nSPS) is 43.2. The maximum Gasteiger partial charge on any atom is 0.0664 e. The zero-order valence-electron chi connectivity index (χ0n) is 13.7. The first-order valence-corrected chi connectivity index (χ1v) is 8.82. The van der Waals surface area contributed by atoms with Crippen LogP contribution in [-0.4, -0.2) is 18.2 Å². The van der Waals surface area contributed by atoms with Crippen LogP contribution in [0, 0.1) is 16.7 Å². The van der Waals surface area contributed by atoms with E-state index in [2.05, 4.69) is 20.8 Å². The molecular formula is C18H33NO. The minimum atomic E-state index is 0.350. The molecule has 3 aliphatic rings. The third-order valence-corrected chi connectivity index (χ3v) is 6.34. The molecule has 3 fully saturated rings. The van der Waals surface area contributed by atoms with Gasteiger partial charge in [-0.15, -0.1) is 0 Å². The van der Waals surface area contributed by atoms with E-state index in [0.29, 0.717) is 29.1 Å². The Balaban J connectivity index is 1.63. The zero-order chi connectivity index (χ0) is 14.4. The van der Waals surface area contributed by atoms with Crippen molar-refractivity contribution in [1.82, 2.24) is 0 Å². The van der Waals surface area contributed by atoms with Crippen molar-refractivity contribution in [1.29, 1.82) is 0 Å². The maximum atomic E-state index is 6.62. The lowest BCUT2D eigenvalue weighted by molar-refractivity contribution is -0.184. The molecule has 0 aromatic carbocycles. The van der Waals surface area contributed by atoms with Crippen LogP contribution in [0.15, 0.2) is 0 Å². The third-order valence-electron chi connectivity index (χ3n) is 6.34. The van der Waals surface area contributed by atoms with Crippen LogP contribution in [-0.2, 0) is 4.74 Å². The van der Waals surface area contributed by atoms with Gasteiger partial charge in [-0.05, 0) is 49.9 Å². The molecule has 0 aliphatic heterocycles. The van der Waals surface area contributed by atoms with E-state index in [1.165, 1.54) is 51.4 Å². The van der Waals surface area contributed by atoms with E-state index < -0.39 is 0 Å². The predicted molar refractivity (Wildman–Crippen MR) is 83.6 cm³/mol. The summed E-state index contributed by atoms with van der Waals surface area (Å²) in [4.78, 5) is 0. The van der Waals surface area contributed by atoms with Crippen molar-refractivity contribution >= 4 is 0 Å². The van der Waals surface area contributed by atoms with E-state index in [-0.39, 0.29) is 0 Å². The van der Waals surface area contributed by atoms with Gasteiger partial charge in [-0.25, -0.2) is 0 Å². The molecule has 0 aromatic heterocycles. The Morgan fingerprint density at radius 2 is 1.70 bits per heavy atom. The average Bonchev–Trinajstić information content (AvgIpc) is 2.37. The fraction of sp³-hybridized carbons (Fsp3) is 1.00. The van der Waals surface area contributed by atoms with E-state index in [0.717, 1.165) is 12.3 Å². The quantitative estimate of drug-likeness (QED) is 0.819. The van der Waals surface area contributed by atoms with Crippen molar-refractivity contribution < 1.29 is 4.74 Å². The van der Waals surface area contributed by atoms with Crippen LogP contribution in [0.3, 0.4) is 0 Å². The van der Waals surface area contributed by atoms with Crippen LogP contribution in [0.1, 0.15) is 78.6 Å². The summed E-state index contributed by atoms with van der Waals surface area (Å²) in [5, 5.41) is 0. The Hall–Kier alpha value is -0.0800. The van der Waals surface area contributed by atoms with Gasteiger partial charge in [0.05, 0.1) is 12.2 Å². The summed E-state index contributed by atoms with van der Waals surface area (Å²) in [5.41, 5.74) is 7.19. The van der Waals surface area contributed by atoms with Gasteiger partial charge in [0.15, 0.2) is 0 Å². The van der Waals surface area contributed by atoms with Crippen molar-refractivity contribution in [2.45, 2.75) is 96.8 Å². The number of rotatable bonds is 2. The zero-order valence-corrected chi connectivity index (χ0v) is 13.7. The summed E-state index contributed by atoms with van der Waals surface area (Å²) in [5.74, 6) is 0.805. The second-order valence-corrected chi connectivity index (χ2v) is 8.80. The standard InChI is InChI=1S/C18H33NO/c1-13-9-14(12-17(2,3)11-13)20-16-10-15(19)18(16)7-5-4-6-8-18/h13-16H,4-12,19H2,1-3H3. The van der Waals surface area contributed by atoms with Crippen molar-refractivity contribution in [3.63, 3.8) is 0 Å². The summed E-state index contributed by atoms with van der Waals surface area (Å²) in [6, 6.07) is 0.404. The number of nitrogens with two attached hydrogens (primary N) is 1. The number of hydrogen-bond acceptors (Lipinski definition) is 2. The molecule has 3 saturated carbocycles. The molecule has 4 unspecified atom stereocenters. The summed E-state index contributed by atoms with van der Waals surface area (Å²) in [6.07, 6.45) is 12.6. The maximum absolute atomic E-state index is 6.62. The lowest BCUT2D eigenvalue weighted by Crippen LogP contribution is -2.63. The number of ether oxygens (including phenoxy) is 1. The van der Waals surface area contributed by atoms with Gasteiger partial charge in [-0.3, -0.25) is 0 Å². The summed E-state index contributed by atoms with van der Waals surface area (Å²) < 4.78 is 6.62. The van der Waals surface area contributed by atoms with Gasteiger partial charge >= 0.3 is 0 Å². The van der Waals surface area contributed by atoms with Gasteiger partial charge in [0.25, 0.3) is 0 Å². The SMILES string of the molecule is CC1CC(OC2CC(N)C23CCCCC3)CC(C)(C)C1. The smallest absolute Gasteiger partial charge is 0.0664 e. The van der Waals surface area contributed by atoms with Crippen LogP contribution >= 0.6 is 0 Å². The van der Waals surface area contributed by atoms with E-state index in [4.69, 9.17) is 10.5 Å². The highest BCUT2D eigenvalue weighted by molar-refractivity contribution is 5.08. The summed E-state index contributed by atoms with van der Waals surface area (Å²) >= 11 is 0. The van der Waals surface area contributed by atoms with Gasteiger partial charge in [-0.2, -0.15) is 0 Å². The fourth-order valence-electron chi connectivity index (χ4n) is 5.47.